The topological polar surface area (TPSA) is 41.1 Å². The number of benzene rings is 1. The molecule has 2 heterocycles. The van der Waals surface area contributed by atoms with Gasteiger partial charge < -0.3 is 10.2 Å². The van der Waals surface area contributed by atoms with Gasteiger partial charge in [-0.1, -0.05) is 44.2 Å². The lowest BCUT2D eigenvalue weighted by atomic mass is 10.0. The molecular weight excluding hydrogens is 284 g/mol. The highest BCUT2D eigenvalue weighted by Crippen LogP contribution is 2.27. The predicted molar refractivity (Wildman–Crippen MR) is 98.0 cm³/mol. The molecule has 1 saturated heterocycles. The van der Waals surface area contributed by atoms with Crippen LogP contribution in [0.1, 0.15) is 31.9 Å². The van der Waals surface area contributed by atoms with Crippen molar-refractivity contribution in [2.45, 2.75) is 40.7 Å². The van der Waals surface area contributed by atoms with Crippen LogP contribution in [0.4, 0.5) is 5.82 Å². The van der Waals surface area contributed by atoms with Crippen molar-refractivity contribution in [1.29, 1.82) is 0 Å². The van der Waals surface area contributed by atoms with Gasteiger partial charge in [0.15, 0.2) is 5.82 Å². The third-order valence-corrected chi connectivity index (χ3v) is 4.21. The molecule has 1 atom stereocenters. The lowest BCUT2D eigenvalue weighted by Gasteiger charge is -2.33. The molecule has 1 aromatic heterocycles. The fourth-order valence-electron chi connectivity index (χ4n) is 2.89. The van der Waals surface area contributed by atoms with Crippen LogP contribution in [0.5, 0.6) is 0 Å². The van der Waals surface area contributed by atoms with E-state index in [0.717, 1.165) is 36.7 Å². The Bertz CT molecular complexity index is 625. The van der Waals surface area contributed by atoms with Gasteiger partial charge in [0, 0.05) is 31.2 Å². The van der Waals surface area contributed by atoms with Crippen LogP contribution < -0.4 is 10.2 Å². The van der Waals surface area contributed by atoms with E-state index in [1.54, 1.807) is 0 Å². The predicted octanol–water partition coefficient (Wildman–Crippen LogP) is 3.58. The largest absolute Gasteiger partial charge is 0.352 e. The summed E-state index contributed by atoms with van der Waals surface area (Å²) in [5.41, 5.74) is 4.57. The zero-order valence-corrected chi connectivity index (χ0v) is 14.9. The summed E-state index contributed by atoms with van der Waals surface area (Å²) >= 11 is 0. The fraction of sp³-hybridized carbons (Fsp3) is 0.474. The van der Waals surface area contributed by atoms with Crippen LogP contribution in [0.15, 0.2) is 30.3 Å². The molecule has 2 aromatic rings. The van der Waals surface area contributed by atoms with Crippen LogP contribution in [-0.4, -0.2) is 35.9 Å². The zero-order chi connectivity index (χ0) is 16.8. The highest BCUT2D eigenvalue weighted by Gasteiger charge is 2.21. The second-order valence-electron chi connectivity index (χ2n) is 5.79. The molecule has 0 amide bonds. The minimum Gasteiger partial charge on any atom is -0.352 e. The van der Waals surface area contributed by atoms with E-state index in [-0.39, 0.29) is 0 Å². The number of nitrogens with zero attached hydrogens (tertiary/aromatic N) is 3. The Labute approximate surface area is 139 Å². The Kier molecular flexibility index (Phi) is 6.11. The van der Waals surface area contributed by atoms with E-state index in [9.17, 15) is 0 Å². The van der Waals surface area contributed by atoms with E-state index < -0.39 is 0 Å². The van der Waals surface area contributed by atoms with E-state index in [1.807, 2.05) is 32.0 Å². The molecule has 1 aliphatic heterocycles. The molecule has 0 spiro atoms. The maximum absolute atomic E-state index is 4.52. The van der Waals surface area contributed by atoms with Gasteiger partial charge in [-0.15, -0.1) is 10.2 Å². The Morgan fingerprint density at radius 1 is 1.04 bits per heavy atom. The highest BCUT2D eigenvalue weighted by molar-refractivity contribution is 5.66. The smallest absolute Gasteiger partial charge is 0.154 e. The number of hydrogen-bond donors (Lipinski definition) is 1. The second-order valence-corrected chi connectivity index (χ2v) is 5.79. The highest BCUT2D eigenvalue weighted by atomic mass is 15.3. The van der Waals surface area contributed by atoms with E-state index in [1.165, 1.54) is 11.1 Å². The number of nitrogens with one attached hydrogen (secondary N) is 1. The molecule has 4 nitrogen and oxygen atoms in total. The molecule has 0 bridgehead atoms. The Morgan fingerprint density at radius 2 is 1.74 bits per heavy atom. The molecule has 0 aliphatic carbocycles. The summed E-state index contributed by atoms with van der Waals surface area (Å²) < 4.78 is 0. The Balaban J connectivity index is 0.000000924. The van der Waals surface area contributed by atoms with Crippen molar-refractivity contribution in [3.05, 3.63) is 41.5 Å². The summed E-state index contributed by atoms with van der Waals surface area (Å²) in [6, 6.07) is 10.8. The minimum atomic E-state index is 0.494. The first kappa shape index (κ1) is 17.4. The van der Waals surface area contributed by atoms with Gasteiger partial charge in [-0.3, -0.25) is 0 Å². The van der Waals surface area contributed by atoms with Crippen LogP contribution in [0.3, 0.4) is 0 Å². The van der Waals surface area contributed by atoms with Crippen molar-refractivity contribution < 1.29 is 0 Å². The van der Waals surface area contributed by atoms with Gasteiger partial charge >= 0.3 is 0 Å². The van der Waals surface area contributed by atoms with Crippen molar-refractivity contribution in [1.82, 2.24) is 15.5 Å². The first-order chi connectivity index (χ1) is 11.2. The van der Waals surface area contributed by atoms with Crippen LogP contribution in [0.2, 0.25) is 0 Å². The monoisotopic (exact) mass is 312 g/mol. The molecule has 1 fully saturated rings. The first-order valence-corrected chi connectivity index (χ1v) is 8.54. The third kappa shape index (κ3) is 3.88. The summed E-state index contributed by atoms with van der Waals surface area (Å²) in [5.74, 6) is 1.03. The molecule has 23 heavy (non-hydrogen) atoms. The zero-order valence-electron chi connectivity index (χ0n) is 14.9. The molecule has 124 valence electrons. The maximum atomic E-state index is 4.52. The summed E-state index contributed by atoms with van der Waals surface area (Å²) in [7, 11) is 0. The average Bonchev–Trinajstić information content (AvgIpc) is 2.60. The Hall–Kier alpha value is -1.94. The lowest BCUT2D eigenvalue weighted by Crippen LogP contribution is -2.49. The van der Waals surface area contributed by atoms with Crippen molar-refractivity contribution in [3.8, 4) is 11.3 Å². The van der Waals surface area contributed by atoms with E-state index in [0.29, 0.717) is 6.04 Å². The summed E-state index contributed by atoms with van der Waals surface area (Å²) in [4.78, 5) is 2.34. The molecule has 3 rings (SSSR count). The SMILES string of the molecule is CC.Cc1c(-c2ccccc2)nnc(N2CCNC(C)C2)c1C. The van der Waals surface area contributed by atoms with Gasteiger partial charge in [0.1, 0.15) is 0 Å². The molecule has 0 radical (unpaired) electrons. The molecule has 4 heteroatoms. The number of aromatic nitrogens is 2. The summed E-state index contributed by atoms with van der Waals surface area (Å²) in [6.07, 6.45) is 0. The Morgan fingerprint density at radius 3 is 2.39 bits per heavy atom. The van der Waals surface area contributed by atoms with Crippen molar-refractivity contribution in [2.24, 2.45) is 0 Å². The van der Waals surface area contributed by atoms with Gasteiger partial charge in [0.2, 0.25) is 0 Å². The summed E-state index contributed by atoms with van der Waals surface area (Å²) in [5, 5.41) is 12.5. The van der Waals surface area contributed by atoms with Crippen LogP contribution in [-0.2, 0) is 0 Å². The standard InChI is InChI=1S/C17H22N4.C2H6/c1-12-11-21(10-9-18-12)17-14(3)13(2)16(19-20-17)15-7-5-4-6-8-15;1-2/h4-8,12,18H,9-11H2,1-3H3;1-2H3. The van der Waals surface area contributed by atoms with Crippen LogP contribution >= 0.6 is 0 Å². The minimum absolute atomic E-state index is 0.494. The average molecular weight is 312 g/mol. The number of hydrogen-bond acceptors (Lipinski definition) is 4. The van der Waals surface area contributed by atoms with Crippen molar-refractivity contribution >= 4 is 5.82 Å². The van der Waals surface area contributed by atoms with Crippen molar-refractivity contribution in [2.75, 3.05) is 24.5 Å². The van der Waals surface area contributed by atoms with E-state index >= 15 is 0 Å². The number of rotatable bonds is 2. The molecular formula is C19H28N4. The number of piperazine rings is 1. The maximum Gasteiger partial charge on any atom is 0.154 e. The second kappa shape index (κ2) is 8.06. The molecule has 1 N–H and O–H groups in total. The lowest BCUT2D eigenvalue weighted by molar-refractivity contribution is 0.480. The van der Waals surface area contributed by atoms with Gasteiger partial charge in [-0.2, -0.15) is 0 Å². The van der Waals surface area contributed by atoms with E-state index in [2.05, 4.69) is 53.3 Å². The molecule has 1 aromatic carbocycles. The molecule has 0 saturated carbocycles. The van der Waals surface area contributed by atoms with Gasteiger partial charge in [0.05, 0.1) is 5.69 Å². The van der Waals surface area contributed by atoms with Crippen LogP contribution in [0.25, 0.3) is 11.3 Å². The van der Waals surface area contributed by atoms with E-state index in [4.69, 9.17) is 0 Å². The number of anilines is 1. The van der Waals surface area contributed by atoms with Gasteiger partial charge in [-0.05, 0) is 31.9 Å². The van der Waals surface area contributed by atoms with Gasteiger partial charge in [-0.25, -0.2) is 0 Å². The van der Waals surface area contributed by atoms with Gasteiger partial charge in [0.25, 0.3) is 0 Å². The first-order valence-electron chi connectivity index (χ1n) is 8.54. The van der Waals surface area contributed by atoms with Crippen molar-refractivity contribution in [3.63, 3.8) is 0 Å². The fourth-order valence-corrected chi connectivity index (χ4v) is 2.89. The normalized spacial score (nSPS) is 17.4. The third-order valence-electron chi connectivity index (χ3n) is 4.21. The molecule has 1 aliphatic rings. The molecule has 1 unspecified atom stereocenters. The van der Waals surface area contributed by atoms with Crippen LogP contribution in [0, 0.1) is 13.8 Å². The summed E-state index contributed by atoms with van der Waals surface area (Å²) in [6.45, 7) is 13.5. The quantitative estimate of drug-likeness (QED) is 0.920.